The molecule has 2 N–H and O–H groups in total. The second kappa shape index (κ2) is 9.89. The van der Waals surface area contributed by atoms with Crippen molar-refractivity contribution < 1.29 is 31.9 Å². The summed E-state index contributed by atoms with van der Waals surface area (Å²) in [7, 11) is 0. The van der Waals surface area contributed by atoms with Crippen LogP contribution in [0.15, 0.2) is 59.8 Å². The van der Waals surface area contributed by atoms with Crippen LogP contribution in [0, 0.1) is 5.82 Å². The number of aliphatic hydroxyl groups excluding tert-OH is 1. The van der Waals surface area contributed by atoms with Gasteiger partial charge in [-0.2, -0.15) is 18.6 Å². The predicted octanol–water partition coefficient (Wildman–Crippen LogP) is 3.18. The molecule has 0 saturated heterocycles. The lowest BCUT2D eigenvalue weighted by molar-refractivity contribution is -0.0584. The number of carbonyl (C=O) groups excluding carboxylic acids is 1. The number of nitrogens with zero attached hydrogens (tertiary/aromatic N) is 6. The lowest BCUT2D eigenvalue weighted by atomic mass is 10.0. The normalized spacial score (nSPS) is 16.9. The van der Waals surface area contributed by atoms with Gasteiger partial charge in [-0.3, -0.25) is 14.6 Å². The van der Waals surface area contributed by atoms with Crippen molar-refractivity contribution in [2.24, 2.45) is 0 Å². The number of nitrogens with one attached hydrogen (secondary N) is 1. The van der Waals surface area contributed by atoms with Gasteiger partial charge in [-0.15, -0.1) is 5.10 Å². The molecule has 0 bridgehead atoms. The zero-order chi connectivity index (χ0) is 28.8. The van der Waals surface area contributed by atoms with Crippen LogP contribution >= 0.6 is 0 Å². The summed E-state index contributed by atoms with van der Waals surface area (Å²) in [6, 6.07) is 4.58. The molecule has 4 aromatic rings. The van der Waals surface area contributed by atoms with E-state index >= 15 is 0 Å². The summed E-state index contributed by atoms with van der Waals surface area (Å²) in [5, 5.41) is 22.8. The maximum atomic E-state index is 14.8. The Hall–Kier alpha value is -4.53. The quantitative estimate of drug-likeness (QED) is 0.317. The fourth-order valence-corrected chi connectivity index (χ4v) is 4.15. The summed E-state index contributed by atoms with van der Waals surface area (Å²) in [5.41, 5.74) is -1.52. The van der Waals surface area contributed by atoms with Crippen LogP contribution in [0.4, 0.5) is 22.0 Å². The van der Waals surface area contributed by atoms with E-state index in [2.05, 4.69) is 25.7 Å². The largest absolute Gasteiger partial charge is 0.390 e. The van der Waals surface area contributed by atoms with Crippen LogP contribution in [0.25, 0.3) is 16.9 Å². The molecule has 5 rings (SSSR count). The van der Waals surface area contributed by atoms with Crippen LogP contribution in [-0.4, -0.2) is 53.3 Å². The Morgan fingerprint density at radius 1 is 1.23 bits per heavy atom. The Morgan fingerprint density at radius 3 is 2.67 bits per heavy atom. The predicted molar refractivity (Wildman–Crippen MR) is 129 cm³/mol. The number of halogens is 5. The van der Waals surface area contributed by atoms with Gasteiger partial charge in [0.1, 0.15) is 24.2 Å². The first-order chi connectivity index (χ1) is 18.9. The number of aliphatic hydroxyl groups is 1. The summed E-state index contributed by atoms with van der Waals surface area (Å²) in [5.74, 6) is -8.86. The average Bonchev–Trinajstić information content (AvgIpc) is 3.31. The monoisotopic (exact) mass is 561 g/mol. The highest BCUT2D eigenvalue weighted by Crippen LogP contribution is 2.53. The SMILES string of the molecule is C[C@@H](NC(=O)c1ccc(=O)n(-c2cncc(-c3cnnn3C3CC3(F)F)c2)n1)c1cccc(C(F)(F)CO)c1F. The van der Waals surface area contributed by atoms with E-state index in [4.69, 9.17) is 5.11 Å². The molecule has 0 spiro atoms. The van der Waals surface area contributed by atoms with E-state index in [0.29, 0.717) is 5.56 Å². The molecular formula is C25H20F5N7O3. The molecule has 1 aromatic carbocycles. The highest BCUT2D eigenvalue weighted by Gasteiger charge is 2.59. The summed E-state index contributed by atoms with van der Waals surface area (Å²) in [6.07, 6.45) is 3.53. The smallest absolute Gasteiger partial charge is 0.298 e. The van der Waals surface area contributed by atoms with Crippen LogP contribution in [0.5, 0.6) is 0 Å². The van der Waals surface area contributed by atoms with E-state index in [1.165, 1.54) is 43.7 Å². The molecule has 1 aliphatic carbocycles. The van der Waals surface area contributed by atoms with Crippen LogP contribution in [0.3, 0.4) is 0 Å². The van der Waals surface area contributed by atoms with Crippen LogP contribution < -0.4 is 10.9 Å². The van der Waals surface area contributed by atoms with Crippen molar-refractivity contribution >= 4 is 5.91 Å². The van der Waals surface area contributed by atoms with E-state index in [0.717, 1.165) is 27.6 Å². The molecule has 3 aromatic heterocycles. The number of hydrogen-bond acceptors (Lipinski definition) is 7. The first-order valence-electron chi connectivity index (χ1n) is 11.9. The molecule has 1 unspecified atom stereocenters. The lowest BCUT2D eigenvalue weighted by Crippen LogP contribution is -2.31. The van der Waals surface area contributed by atoms with E-state index in [-0.39, 0.29) is 29.1 Å². The van der Waals surface area contributed by atoms with Gasteiger partial charge in [-0.1, -0.05) is 17.3 Å². The number of hydrogen-bond donors (Lipinski definition) is 2. The molecular weight excluding hydrogens is 541 g/mol. The number of rotatable bonds is 8. The first kappa shape index (κ1) is 27.1. The summed E-state index contributed by atoms with van der Waals surface area (Å²) in [6.45, 7) is -0.233. The highest BCUT2D eigenvalue weighted by molar-refractivity contribution is 5.92. The number of carbonyl (C=O) groups is 1. The fourth-order valence-electron chi connectivity index (χ4n) is 4.15. The van der Waals surface area contributed by atoms with Crippen LogP contribution in [0.2, 0.25) is 0 Å². The van der Waals surface area contributed by atoms with Crippen molar-refractivity contribution in [2.75, 3.05) is 6.61 Å². The molecule has 2 atom stereocenters. The van der Waals surface area contributed by atoms with Gasteiger partial charge in [0.2, 0.25) is 0 Å². The second-order valence-corrected chi connectivity index (χ2v) is 9.21. The Bertz CT molecular complexity index is 1660. The van der Waals surface area contributed by atoms with Crippen molar-refractivity contribution in [3.05, 3.63) is 88.0 Å². The van der Waals surface area contributed by atoms with E-state index in [1.807, 2.05) is 0 Å². The van der Waals surface area contributed by atoms with E-state index in [1.54, 1.807) is 0 Å². The molecule has 40 heavy (non-hydrogen) atoms. The van der Waals surface area contributed by atoms with E-state index < -0.39 is 53.4 Å². The minimum atomic E-state index is -3.82. The second-order valence-electron chi connectivity index (χ2n) is 9.21. The molecule has 3 heterocycles. The highest BCUT2D eigenvalue weighted by atomic mass is 19.3. The maximum Gasteiger partial charge on any atom is 0.298 e. The Labute approximate surface area is 222 Å². The van der Waals surface area contributed by atoms with E-state index in [9.17, 15) is 31.5 Å². The van der Waals surface area contributed by atoms with Gasteiger partial charge >= 0.3 is 0 Å². The van der Waals surface area contributed by atoms with Crippen molar-refractivity contribution in [1.29, 1.82) is 0 Å². The number of amides is 1. The summed E-state index contributed by atoms with van der Waals surface area (Å²) < 4.78 is 71.8. The van der Waals surface area contributed by atoms with Crippen molar-refractivity contribution in [1.82, 2.24) is 35.1 Å². The van der Waals surface area contributed by atoms with Gasteiger partial charge in [0.25, 0.3) is 23.3 Å². The minimum Gasteiger partial charge on any atom is -0.390 e. The fraction of sp³-hybridized carbons (Fsp3) is 0.280. The minimum absolute atomic E-state index is 0.102. The van der Waals surface area contributed by atoms with Crippen LogP contribution in [-0.2, 0) is 5.92 Å². The third kappa shape index (κ3) is 4.95. The zero-order valence-electron chi connectivity index (χ0n) is 20.6. The number of aromatic nitrogens is 6. The number of benzene rings is 1. The molecule has 1 aliphatic rings. The molecule has 0 aliphatic heterocycles. The van der Waals surface area contributed by atoms with Crippen molar-refractivity contribution in [3.8, 4) is 16.9 Å². The van der Waals surface area contributed by atoms with Crippen molar-refractivity contribution in [3.63, 3.8) is 0 Å². The van der Waals surface area contributed by atoms with Gasteiger partial charge < -0.3 is 10.4 Å². The molecule has 0 radical (unpaired) electrons. The molecule has 10 nitrogen and oxygen atoms in total. The zero-order valence-corrected chi connectivity index (χ0v) is 20.6. The van der Waals surface area contributed by atoms with Crippen molar-refractivity contribution in [2.45, 2.75) is 37.3 Å². The molecule has 1 fully saturated rings. The van der Waals surface area contributed by atoms with Gasteiger partial charge in [-0.25, -0.2) is 17.9 Å². The lowest BCUT2D eigenvalue weighted by Gasteiger charge is -2.20. The van der Waals surface area contributed by atoms with Gasteiger partial charge in [0, 0.05) is 29.8 Å². The van der Waals surface area contributed by atoms with Crippen LogP contribution in [0.1, 0.15) is 47.0 Å². The molecule has 1 saturated carbocycles. The molecule has 1 amide bonds. The third-order valence-electron chi connectivity index (χ3n) is 6.40. The Kier molecular flexibility index (Phi) is 6.69. The standard InChI is InChI=1S/C25H20F5N7O3/c1-13(16-3-2-4-17(22(16)26)25(29,30)12-38)33-23(40)18-5-6-21(39)36(34-18)15-7-14(9-31-10-15)19-11-32-35-37(19)20-8-24(20,27)28/h2-7,9-11,13,20,38H,8,12H2,1H3,(H,33,40)/t13-,20?/m1/s1. The Morgan fingerprint density at radius 2 is 1.98 bits per heavy atom. The van der Waals surface area contributed by atoms with Gasteiger partial charge in [0.15, 0.2) is 0 Å². The van der Waals surface area contributed by atoms with Gasteiger partial charge in [0.05, 0.1) is 35.4 Å². The third-order valence-corrected chi connectivity index (χ3v) is 6.40. The Balaban J connectivity index is 1.41. The average molecular weight is 561 g/mol. The topological polar surface area (TPSA) is 128 Å². The van der Waals surface area contributed by atoms with Gasteiger partial charge in [-0.05, 0) is 25.1 Å². The molecule has 208 valence electrons. The summed E-state index contributed by atoms with van der Waals surface area (Å²) >= 11 is 0. The first-order valence-corrected chi connectivity index (χ1v) is 11.9. The summed E-state index contributed by atoms with van der Waals surface area (Å²) in [4.78, 5) is 29.5. The molecule has 15 heteroatoms. The number of alkyl halides is 4. The maximum absolute atomic E-state index is 14.8. The number of pyridine rings is 1.